The average Bonchev–Trinajstić information content (AvgIpc) is 2.72. The Bertz CT molecular complexity index is 1050. The highest BCUT2D eigenvalue weighted by Gasteiger charge is 2.14. The Labute approximate surface area is 160 Å². The van der Waals surface area contributed by atoms with E-state index in [1.165, 1.54) is 31.6 Å². The van der Waals surface area contributed by atoms with Gasteiger partial charge in [-0.05, 0) is 35.4 Å². The number of esters is 1. The first kappa shape index (κ1) is 18.7. The zero-order valence-corrected chi connectivity index (χ0v) is 14.9. The largest absolute Gasteiger partial charge is 0.465 e. The van der Waals surface area contributed by atoms with Crippen LogP contribution in [-0.2, 0) is 4.74 Å². The number of benzene rings is 1. The first-order chi connectivity index (χ1) is 13.6. The highest BCUT2D eigenvalue weighted by molar-refractivity contribution is 5.90. The standard InChI is InChI=1S/C20H16N4O4/c1-28-20(25)16-10-15(12-21-13-16)8-7-14-4-2-5-17(11-14)23-19-18(24(26)27)6-3-9-22-19/h2-13H,1H3,(H,22,23)/b8-7+. The van der Waals surface area contributed by atoms with Gasteiger partial charge in [0.05, 0.1) is 17.6 Å². The molecule has 2 heterocycles. The van der Waals surface area contributed by atoms with Crippen LogP contribution < -0.4 is 5.32 Å². The van der Waals surface area contributed by atoms with Crippen LogP contribution in [0.5, 0.6) is 0 Å². The fraction of sp³-hybridized carbons (Fsp3) is 0.0500. The summed E-state index contributed by atoms with van der Waals surface area (Å²) >= 11 is 0. The van der Waals surface area contributed by atoms with Gasteiger partial charge >= 0.3 is 11.7 Å². The SMILES string of the molecule is COC(=O)c1cncc(/C=C/c2cccc(Nc3ncccc3[N+](=O)[O-])c2)c1. The van der Waals surface area contributed by atoms with Gasteiger partial charge in [-0.3, -0.25) is 15.1 Å². The number of ether oxygens (including phenoxy) is 1. The normalized spacial score (nSPS) is 10.6. The third-order valence-corrected chi connectivity index (χ3v) is 3.78. The van der Waals surface area contributed by atoms with E-state index in [1.54, 1.807) is 18.3 Å². The second-order valence-electron chi connectivity index (χ2n) is 5.71. The highest BCUT2D eigenvalue weighted by atomic mass is 16.6. The lowest BCUT2D eigenvalue weighted by Gasteiger charge is -2.06. The summed E-state index contributed by atoms with van der Waals surface area (Å²) in [5.74, 6) is -0.283. The number of rotatable bonds is 6. The van der Waals surface area contributed by atoms with Crippen LogP contribution in [0.15, 0.2) is 61.1 Å². The minimum atomic E-state index is -0.486. The Morgan fingerprint density at radius 3 is 2.75 bits per heavy atom. The molecule has 28 heavy (non-hydrogen) atoms. The van der Waals surface area contributed by atoms with E-state index in [-0.39, 0.29) is 11.5 Å². The van der Waals surface area contributed by atoms with E-state index in [0.29, 0.717) is 11.3 Å². The smallest absolute Gasteiger partial charge is 0.339 e. The van der Waals surface area contributed by atoms with E-state index < -0.39 is 10.9 Å². The molecule has 0 aliphatic rings. The molecule has 8 nitrogen and oxygen atoms in total. The Kier molecular flexibility index (Phi) is 5.71. The van der Waals surface area contributed by atoms with Crippen LogP contribution in [0.1, 0.15) is 21.5 Å². The Morgan fingerprint density at radius 1 is 1.14 bits per heavy atom. The van der Waals surface area contributed by atoms with Crippen molar-refractivity contribution in [3.8, 4) is 0 Å². The van der Waals surface area contributed by atoms with E-state index in [2.05, 4.69) is 20.0 Å². The molecule has 0 spiro atoms. The fourth-order valence-corrected chi connectivity index (χ4v) is 2.47. The van der Waals surface area contributed by atoms with Crippen LogP contribution in [0, 0.1) is 10.1 Å². The predicted molar refractivity (Wildman–Crippen MR) is 105 cm³/mol. The second-order valence-corrected chi connectivity index (χ2v) is 5.71. The van der Waals surface area contributed by atoms with Crippen molar-refractivity contribution in [3.05, 3.63) is 87.9 Å². The molecule has 0 saturated heterocycles. The van der Waals surface area contributed by atoms with Gasteiger partial charge in [0, 0.05) is 30.3 Å². The minimum absolute atomic E-state index is 0.103. The summed E-state index contributed by atoms with van der Waals surface area (Å²) in [6.45, 7) is 0. The van der Waals surface area contributed by atoms with Gasteiger partial charge in [0.25, 0.3) is 0 Å². The van der Waals surface area contributed by atoms with E-state index in [1.807, 2.05) is 30.4 Å². The Morgan fingerprint density at radius 2 is 1.96 bits per heavy atom. The van der Waals surface area contributed by atoms with Crippen molar-refractivity contribution in [2.24, 2.45) is 0 Å². The fourth-order valence-electron chi connectivity index (χ4n) is 2.47. The van der Waals surface area contributed by atoms with Crippen molar-refractivity contribution in [2.75, 3.05) is 12.4 Å². The number of nitro groups is 1. The lowest BCUT2D eigenvalue weighted by Crippen LogP contribution is -2.01. The maximum absolute atomic E-state index is 11.6. The van der Waals surface area contributed by atoms with Gasteiger partial charge in [0.2, 0.25) is 5.82 Å². The molecule has 140 valence electrons. The quantitative estimate of drug-likeness (QED) is 0.392. The summed E-state index contributed by atoms with van der Waals surface area (Å²) in [7, 11) is 1.31. The second kappa shape index (κ2) is 8.54. The number of aromatic nitrogens is 2. The van der Waals surface area contributed by atoms with Gasteiger partial charge < -0.3 is 10.1 Å². The van der Waals surface area contributed by atoms with Crippen LogP contribution in [0.2, 0.25) is 0 Å². The lowest BCUT2D eigenvalue weighted by molar-refractivity contribution is -0.384. The topological polar surface area (TPSA) is 107 Å². The van der Waals surface area contributed by atoms with Gasteiger partial charge in [0.15, 0.2) is 0 Å². The molecule has 0 amide bonds. The molecule has 0 bridgehead atoms. The molecule has 0 aliphatic carbocycles. The summed E-state index contributed by atoms with van der Waals surface area (Å²) < 4.78 is 4.69. The molecule has 0 saturated carbocycles. The van der Waals surface area contributed by atoms with E-state index in [0.717, 1.165) is 11.1 Å². The third-order valence-electron chi connectivity index (χ3n) is 3.78. The van der Waals surface area contributed by atoms with Gasteiger partial charge in [-0.15, -0.1) is 0 Å². The van der Waals surface area contributed by atoms with Crippen molar-refractivity contribution >= 4 is 35.3 Å². The van der Waals surface area contributed by atoms with Gasteiger partial charge in [0.1, 0.15) is 0 Å². The molecule has 0 fully saturated rings. The molecule has 0 atom stereocenters. The zero-order valence-electron chi connectivity index (χ0n) is 14.9. The molecule has 3 aromatic rings. The number of hydrogen-bond donors (Lipinski definition) is 1. The zero-order chi connectivity index (χ0) is 19.9. The summed E-state index contributed by atoms with van der Waals surface area (Å²) in [6.07, 6.45) is 8.20. The predicted octanol–water partition coefficient (Wildman–Crippen LogP) is 4.09. The summed E-state index contributed by atoms with van der Waals surface area (Å²) in [4.78, 5) is 30.3. The summed E-state index contributed by atoms with van der Waals surface area (Å²) in [6, 6.07) is 11.9. The number of methoxy groups -OCH3 is 1. The van der Waals surface area contributed by atoms with Crippen molar-refractivity contribution in [3.63, 3.8) is 0 Å². The number of pyridine rings is 2. The lowest BCUT2D eigenvalue weighted by atomic mass is 10.1. The number of carbonyl (C=O) groups is 1. The van der Waals surface area contributed by atoms with Crippen LogP contribution in [-0.4, -0.2) is 28.0 Å². The Balaban J connectivity index is 1.80. The highest BCUT2D eigenvalue weighted by Crippen LogP contribution is 2.25. The molecule has 2 aromatic heterocycles. The monoisotopic (exact) mass is 376 g/mol. The molecule has 0 aliphatic heterocycles. The molecule has 3 rings (SSSR count). The van der Waals surface area contributed by atoms with Crippen LogP contribution in [0.25, 0.3) is 12.2 Å². The van der Waals surface area contributed by atoms with E-state index >= 15 is 0 Å². The van der Waals surface area contributed by atoms with Gasteiger partial charge in [-0.1, -0.05) is 24.3 Å². The number of carbonyl (C=O) groups excluding carboxylic acids is 1. The number of nitrogens with one attached hydrogen (secondary N) is 1. The third kappa shape index (κ3) is 4.55. The van der Waals surface area contributed by atoms with Gasteiger partial charge in [-0.25, -0.2) is 9.78 Å². The van der Waals surface area contributed by atoms with Crippen LogP contribution in [0.4, 0.5) is 17.2 Å². The molecule has 8 heteroatoms. The van der Waals surface area contributed by atoms with Crippen LogP contribution in [0.3, 0.4) is 0 Å². The molecular weight excluding hydrogens is 360 g/mol. The van der Waals surface area contributed by atoms with E-state index in [4.69, 9.17) is 0 Å². The molecule has 1 aromatic carbocycles. The van der Waals surface area contributed by atoms with Gasteiger partial charge in [-0.2, -0.15) is 0 Å². The first-order valence-electron chi connectivity index (χ1n) is 8.25. The van der Waals surface area contributed by atoms with Crippen molar-refractivity contribution in [2.45, 2.75) is 0 Å². The number of anilines is 2. The molecule has 0 unspecified atom stereocenters. The maximum atomic E-state index is 11.6. The van der Waals surface area contributed by atoms with Crippen molar-refractivity contribution in [1.82, 2.24) is 9.97 Å². The average molecular weight is 376 g/mol. The number of hydrogen-bond acceptors (Lipinski definition) is 7. The maximum Gasteiger partial charge on any atom is 0.339 e. The molecule has 0 radical (unpaired) electrons. The van der Waals surface area contributed by atoms with Crippen molar-refractivity contribution in [1.29, 1.82) is 0 Å². The molecule has 1 N–H and O–H groups in total. The first-order valence-corrected chi connectivity index (χ1v) is 8.25. The summed E-state index contributed by atoms with van der Waals surface area (Å²) in [5, 5.41) is 14.1. The van der Waals surface area contributed by atoms with Crippen molar-refractivity contribution < 1.29 is 14.5 Å². The number of nitrogens with zero attached hydrogens (tertiary/aromatic N) is 3. The molecular formula is C20H16N4O4. The van der Waals surface area contributed by atoms with Crippen LogP contribution >= 0.6 is 0 Å². The Hall–Kier alpha value is -4.07. The van der Waals surface area contributed by atoms with E-state index in [9.17, 15) is 14.9 Å². The minimum Gasteiger partial charge on any atom is -0.465 e. The summed E-state index contributed by atoms with van der Waals surface area (Å²) in [5.41, 5.74) is 2.51.